The zero-order valence-corrected chi connectivity index (χ0v) is 8.37. The molecule has 0 aromatic carbocycles. The average molecular weight is 180 g/mol. The van der Waals surface area contributed by atoms with E-state index >= 15 is 0 Å². The molecular weight excluding hydrogens is 164 g/mol. The van der Waals surface area contributed by atoms with Gasteiger partial charge < -0.3 is 10.1 Å². The quantitative estimate of drug-likeness (QED) is 0.771. The van der Waals surface area contributed by atoms with Crippen molar-refractivity contribution in [2.45, 2.75) is 13.8 Å². The number of methoxy groups -OCH3 is 1. The molecule has 0 radical (unpaired) electrons. The molecule has 0 unspecified atom stereocenters. The maximum Gasteiger partial charge on any atom is 0.168 e. The van der Waals surface area contributed by atoms with E-state index in [0.717, 1.165) is 18.1 Å². The van der Waals surface area contributed by atoms with Gasteiger partial charge in [-0.2, -0.15) is 0 Å². The lowest BCUT2D eigenvalue weighted by atomic mass is 10.2. The molecule has 0 aliphatic heterocycles. The van der Waals surface area contributed by atoms with Crippen molar-refractivity contribution in [1.82, 2.24) is 4.98 Å². The van der Waals surface area contributed by atoms with E-state index in [0.29, 0.717) is 5.92 Å². The van der Waals surface area contributed by atoms with Gasteiger partial charge in [-0.25, -0.2) is 4.98 Å². The molecule has 0 aliphatic rings. The van der Waals surface area contributed by atoms with Crippen LogP contribution in [-0.2, 0) is 0 Å². The number of hydrogen-bond donors (Lipinski definition) is 1. The molecule has 13 heavy (non-hydrogen) atoms. The van der Waals surface area contributed by atoms with E-state index in [1.807, 2.05) is 12.1 Å². The second kappa shape index (κ2) is 4.70. The zero-order valence-electron chi connectivity index (χ0n) is 8.37. The van der Waals surface area contributed by atoms with Gasteiger partial charge in [0.2, 0.25) is 0 Å². The molecule has 0 aliphatic carbocycles. The van der Waals surface area contributed by atoms with Crippen LogP contribution in [0, 0.1) is 5.92 Å². The summed E-state index contributed by atoms with van der Waals surface area (Å²) in [5.41, 5.74) is 0. The molecule has 0 bridgehead atoms. The van der Waals surface area contributed by atoms with Crippen LogP contribution in [0.5, 0.6) is 5.75 Å². The standard InChI is InChI=1S/C10H16N2O/c1-8(2)7-12-10-9(13-3)5-4-6-11-10/h4-6,8H,7H2,1-3H3,(H,11,12). The summed E-state index contributed by atoms with van der Waals surface area (Å²) in [7, 11) is 1.65. The number of hydrogen-bond acceptors (Lipinski definition) is 3. The number of rotatable bonds is 4. The number of anilines is 1. The highest BCUT2D eigenvalue weighted by molar-refractivity contribution is 5.49. The van der Waals surface area contributed by atoms with Gasteiger partial charge >= 0.3 is 0 Å². The lowest BCUT2D eigenvalue weighted by molar-refractivity contribution is 0.414. The van der Waals surface area contributed by atoms with Crippen LogP contribution in [0.4, 0.5) is 5.82 Å². The van der Waals surface area contributed by atoms with Crippen LogP contribution >= 0.6 is 0 Å². The summed E-state index contributed by atoms with van der Waals surface area (Å²) in [5.74, 6) is 2.22. The van der Waals surface area contributed by atoms with E-state index in [9.17, 15) is 0 Å². The Morgan fingerprint density at radius 1 is 1.54 bits per heavy atom. The van der Waals surface area contributed by atoms with Gasteiger partial charge in [-0.15, -0.1) is 0 Å². The molecule has 0 fully saturated rings. The largest absolute Gasteiger partial charge is 0.493 e. The second-order valence-electron chi connectivity index (χ2n) is 3.33. The SMILES string of the molecule is COc1cccnc1NCC(C)C. The summed E-state index contributed by atoms with van der Waals surface area (Å²) in [6, 6.07) is 3.76. The lowest BCUT2D eigenvalue weighted by Gasteiger charge is -2.10. The molecule has 1 rings (SSSR count). The Balaban J connectivity index is 2.64. The highest BCUT2D eigenvalue weighted by atomic mass is 16.5. The number of nitrogens with zero attached hydrogens (tertiary/aromatic N) is 1. The van der Waals surface area contributed by atoms with E-state index < -0.39 is 0 Å². The average Bonchev–Trinajstić information content (AvgIpc) is 2.15. The normalized spacial score (nSPS) is 10.2. The van der Waals surface area contributed by atoms with Crippen molar-refractivity contribution in [3.63, 3.8) is 0 Å². The minimum atomic E-state index is 0.603. The van der Waals surface area contributed by atoms with Gasteiger partial charge in [0.15, 0.2) is 11.6 Å². The number of aromatic nitrogens is 1. The van der Waals surface area contributed by atoms with E-state index in [1.54, 1.807) is 13.3 Å². The fourth-order valence-electron chi connectivity index (χ4n) is 0.989. The molecule has 0 atom stereocenters. The van der Waals surface area contributed by atoms with Crippen molar-refractivity contribution in [3.05, 3.63) is 18.3 Å². The van der Waals surface area contributed by atoms with Crippen LogP contribution in [-0.4, -0.2) is 18.6 Å². The summed E-state index contributed by atoms with van der Waals surface area (Å²) in [4.78, 5) is 4.19. The molecule has 1 N–H and O–H groups in total. The molecule has 1 aromatic heterocycles. The summed E-state index contributed by atoms with van der Waals surface area (Å²) >= 11 is 0. The third-order valence-electron chi connectivity index (χ3n) is 1.67. The van der Waals surface area contributed by atoms with E-state index in [4.69, 9.17) is 4.74 Å². The molecule has 0 saturated heterocycles. The zero-order chi connectivity index (χ0) is 9.68. The number of nitrogens with one attached hydrogen (secondary N) is 1. The third-order valence-corrected chi connectivity index (χ3v) is 1.67. The van der Waals surface area contributed by atoms with Crippen molar-refractivity contribution >= 4 is 5.82 Å². The number of ether oxygens (including phenoxy) is 1. The monoisotopic (exact) mass is 180 g/mol. The highest BCUT2D eigenvalue weighted by Gasteiger charge is 2.02. The Labute approximate surface area is 79.1 Å². The molecule has 0 saturated carbocycles. The summed E-state index contributed by atoms with van der Waals surface area (Å²) in [6.45, 7) is 5.22. The Morgan fingerprint density at radius 2 is 2.31 bits per heavy atom. The van der Waals surface area contributed by atoms with Crippen LogP contribution < -0.4 is 10.1 Å². The first kappa shape index (κ1) is 9.84. The van der Waals surface area contributed by atoms with Crippen molar-refractivity contribution in [3.8, 4) is 5.75 Å². The Hall–Kier alpha value is -1.25. The highest BCUT2D eigenvalue weighted by Crippen LogP contribution is 2.19. The van der Waals surface area contributed by atoms with Crippen LogP contribution in [0.25, 0.3) is 0 Å². The predicted octanol–water partition coefficient (Wildman–Crippen LogP) is 2.16. The van der Waals surface area contributed by atoms with Gasteiger partial charge in [0.25, 0.3) is 0 Å². The maximum absolute atomic E-state index is 5.15. The van der Waals surface area contributed by atoms with Gasteiger partial charge in [-0.3, -0.25) is 0 Å². The van der Waals surface area contributed by atoms with Crippen molar-refractivity contribution < 1.29 is 4.74 Å². The minimum absolute atomic E-state index is 0.603. The van der Waals surface area contributed by atoms with Gasteiger partial charge in [0.1, 0.15) is 0 Å². The van der Waals surface area contributed by atoms with Gasteiger partial charge in [-0.1, -0.05) is 13.8 Å². The van der Waals surface area contributed by atoms with E-state index in [1.165, 1.54) is 0 Å². The lowest BCUT2D eigenvalue weighted by Crippen LogP contribution is -2.09. The molecule has 72 valence electrons. The van der Waals surface area contributed by atoms with Crippen molar-refractivity contribution in [2.75, 3.05) is 19.0 Å². The van der Waals surface area contributed by atoms with Gasteiger partial charge in [0.05, 0.1) is 7.11 Å². The fourth-order valence-corrected chi connectivity index (χ4v) is 0.989. The van der Waals surface area contributed by atoms with Crippen LogP contribution in [0.2, 0.25) is 0 Å². The van der Waals surface area contributed by atoms with E-state index in [2.05, 4.69) is 24.1 Å². The van der Waals surface area contributed by atoms with Gasteiger partial charge in [-0.05, 0) is 18.1 Å². The molecule has 0 amide bonds. The van der Waals surface area contributed by atoms with Crippen molar-refractivity contribution in [1.29, 1.82) is 0 Å². The fraction of sp³-hybridized carbons (Fsp3) is 0.500. The second-order valence-corrected chi connectivity index (χ2v) is 3.33. The molecule has 1 aromatic rings. The van der Waals surface area contributed by atoms with Crippen LogP contribution in [0.3, 0.4) is 0 Å². The maximum atomic E-state index is 5.15. The summed E-state index contributed by atoms with van der Waals surface area (Å²) in [5, 5.41) is 3.23. The smallest absolute Gasteiger partial charge is 0.168 e. The summed E-state index contributed by atoms with van der Waals surface area (Å²) < 4.78 is 5.15. The first-order chi connectivity index (χ1) is 6.24. The Morgan fingerprint density at radius 3 is 2.92 bits per heavy atom. The van der Waals surface area contributed by atoms with Gasteiger partial charge in [0, 0.05) is 12.7 Å². The van der Waals surface area contributed by atoms with Crippen molar-refractivity contribution in [2.24, 2.45) is 5.92 Å². The molecule has 1 heterocycles. The van der Waals surface area contributed by atoms with Crippen LogP contribution in [0.1, 0.15) is 13.8 Å². The van der Waals surface area contributed by atoms with E-state index in [-0.39, 0.29) is 0 Å². The summed E-state index contributed by atoms with van der Waals surface area (Å²) in [6.07, 6.45) is 1.76. The third kappa shape index (κ3) is 2.93. The Bertz CT molecular complexity index is 261. The molecule has 3 nitrogen and oxygen atoms in total. The van der Waals surface area contributed by atoms with Crippen LogP contribution in [0.15, 0.2) is 18.3 Å². The number of pyridine rings is 1. The first-order valence-corrected chi connectivity index (χ1v) is 4.47. The topological polar surface area (TPSA) is 34.1 Å². The minimum Gasteiger partial charge on any atom is -0.493 e. The molecule has 3 heteroatoms. The predicted molar refractivity (Wildman–Crippen MR) is 54.1 cm³/mol. The molecule has 0 spiro atoms. The first-order valence-electron chi connectivity index (χ1n) is 4.47. The Kier molecular flexibility index (Phi) is 3.55. The molecular formula is C10H16N2O.